The predicted octanol–water partition coefficient (Wildman–Crippen LogP) is 3.24. The molecule has 2 N–H and O–H groups in total. The monoisotopic (exact) mass is 460 g/mol. The highest BCUT2D eigenvalue weighted by Crippen LogP contribution is 2.22. The van der Waals surface area contributed by atoms with Gasteiger partial charge in [0.15, 0.2) is 0 Å². The van der Waals surface area contributed by atoms with E-state index in [0.29, 0.717) is 22.0 Å². The molecule has 0 atom stereocenters. The summed E-state index contributed by atoms with van der Waals surface area (Å²) < 4.78 is 25.7. The van der Waals surface area contributed by atoms with Crippen LogP contribution < -0.4 is 10.0 Å². The molecule has 10 heteroatoms. The molecule has 0 bridgehead atoms. The Kier molecular flexibility index (Phi) is 9.03. The molecule has 2 rings (SSSR count). The zero-order chi connectivity index (χ0) is 22.9. The van der Waals surface area contributed by atoms with Crippen LogP contribution in [0.5, 0.6) is 0 Å². The summed E-state index contributed by atoms with van der Waals surface area (Å²) in [7, 11) is -3.91. The second-order valence-corrected chi connectivity index (χ2v) is 9.47. The number of hydrogen-bond acceptors (Lipinski definition) is 7. The molecule has 0 unspecified atom stereocenters. The summed E-state index contributed by atoms with van der Waals surface area (Å²) in [6, 6.07) is 11.3. The number of nitrogens with zero attached hydrogens (tertiary/aromatic N) is 2. The van der Waals surface area contributed by atoms with Crippen LogP contribution in [-0.4, -0.2) is 31.0 Å². The first-order chi connectivity index (χ1) is 14.7. The summed E-state index contributed by atoms with van der Waals surface area (Å²) in [6.07, 6.45) is 3.13. The fourth-order valence-electron chi connectivity index (χ4n) is 2.60. The first kappa shape index (κ1) is 24.4. The molecular formula is C21H24N4O4S2. The van der Waals surface area contributed by atoms with Gasteiger partial charge in [0, 0.05) is 30.5 Å². The molecule has 2 aromatic rings. The first-order valence-electron chi connectivity index (χ1n) is 9.71. The third kappa shape index (κ3) is 7.70. The van der Waals surface area contributed by atoms with E-state index in [4.69, 9.17) is 0 Å². The number of carbonyl (C=O) groups excluding carboxylic acids is 2. The Hall–Kier alpha value is -2.90. The number of aryl methyl sites for hydroxylation is 1. The normalized spacial score (nSPS) is 10.9. The third-order valence-electron chi connectivity index (χ3n) is 4.12. The molecule has 1 heterocycles. The first-order valence-corrected chi connectivity index (χ1v) is 12.2. The maximum Gasteiger partial charge on any atom is 0.264 e. The third-order valence-corrected chi connectivity index (χ3v) is 6.56. The number of aromatic nitrogens is 1. The Bertz CT molecular complexity index is 1080. The molecular weight excluding hydrogens is 436 g/mol. The fourth-order valence-corrected chi connectivity index (χ4v) is 4.52. The van der Waals surface area contributed by atoms with Crippen molar-refractivity contribution < 1.29 is 18.0 Å². The second-order valence-electron chi connectivity index (χ2n) is 6.70. The number of unbranched alkanes of at least 4 members (excludes halogenated alkanes) is 1. The standard InChI is InChI=1S/C21H24N4O4S2/c1-3-4-5-17-7-6-16(14-22)21(24-17)30-13-12-20(27)23-18-8-10-19(11-9-18)31(28,29)25-15(2)26/h6-11H,3-5,12-13H2,1-2H3,(H,23,27)(H,25,26). The number of carbonyl (C=O) groups is 2. The molecule has 1 aromatic carbocycles. The zero-order valence-corrected chi connectivity index (χ0v) is 19.0. The van der Waals surface area contributed by atoms with Gasteiger partial charge in [0.25, 0.3) is 10.0 Å². The number of hydrogen-bond donors (Lipinski definition) is 2. The van der Waals surface area contributed by atoms with Crippen LogP contribution in [-0.2, 0) is 26.0 Å². The zero-order valence-electron chi connectivity index (χ0n) is 17.3. The number of sulfonamides is 1. The molecule has 0 aliphatic rings. The number of rotatable bonds is 10. The lowest BCUT2D eigenvalue weighted by Crippen LogP contribution is -2.28. The van der Waals surface area contributed by atoms with Crippen LogP contribution in [0.3, 0.4) is 0 Å². The average molecular weight is 461 g/mol. The smallest absolute Gasteiger partial charge is 0.264 e. The van der Waals surface area contributed by atoms with Crippen molar-refractivity contribution in [3.05, 3.63) is 47.7 Å². The van der Waals surface area contributed by atoms with Crippen molar-refractivity contribution >= 4 is 39.3 Å². The van der Waals surface area contributed by atoms with Crippen LogP contribution in [0.15, 0.2) is 46.3 Å². The number of nitriles is 1. The maximum atomic E-state index is 12.2. The van der Waals surface area contributed by atoms with E-state index in [1.165, 1.54) is 36.0 Å². The fraction of sp³-hybridized carbons (Fsp3) is 0.333. The molecule has 31 heavy (non-hydrogen) atoms. The maximum absolute atomic E-state index is 12.2. The molecule has 0 radical (unpaired) electrons. The number of benzene rings is 1. The molecule has 1 aromatic heterocycles. The van der Waals surface area contributed by atoms with Gasteiger partial charge >= 0.3 is 0 Å². The van der Waals surface area contributed by atoms with Gasteiger partial charge in [0.05, 0.1) is 10.5 Å². The number of thioether (sulfide) groups is 1. The molecule has 8 nitrogen and oxygen atoms in total. The minimum absolute atomic E-state index is 0.0747. The van der Waals surface area contributed by atoms with Crippen LogP contribution in [0, 0.1) is 11.3 Å². The lowest BCUT2D eigenvalue weighted by molar-refractivity contribution is -0.117. The van der Waals surface area contributed by atoms with Gasteiger partial charge in [-0.25, -0.2) is 18.1 Å². The summed E-state index contributed by atoms with van der Waals surface area (Å²) in [5.74, 6) is -0.481. The molecule has 0 saturated carbocycles. The van der Waals surface area contributed by atoms with Crippen molar-refractivity contribution in [2.45, 2.75) is 49.5 Å². The van der Waals surface area contributed by atoms with Gasteiger partial charge in [0.1, 0.15) is 11.1 Å². The molecule has 2 amide bonds. The summed E-state index contributed by atoms with van der Waals surface area (Å²) in [6.45, 7) is 3.22. The van der Waals surface area contributed by atoms with E-state index in [9.17, 15) is 23.3 Å². The Morgan fingerprint density at radius 2 is 1.87 bits per heavy atom. The lowest BCUT2D eigenvalue weighted by atomic mass is 10.2. The molecule has 164 valence electrons. The second kappa shape index (κ2) is 11.5. The number of anilines is 1. The van der Waals surface area contributed by atoms with Gasteiger partial charge in [0.2, 0.25) is 11.8 Å². The van der Waals surface area contributed by atoms with Gasteiger partial charge in [-0.2, -0.15) is 5.26 Å². The minimum atomic E-state index is -3.91. The summed E-state index contributed by atoms with van der Waals surface area (Å²) in [4.78, 5) is 27.7. The van der Waals surface area contributed by atoms with Gasteiger partial charge in [-0.3, -0.25) is 9.59 Å². The van der Waals surface area contributed by atoms with E-state index in [-0.39, 0.29) is 17.2 Å². The van der Waals surface area contributed by atoms with Crippen molar-refractivity contribution in [3.63, 3.8) is 0 Å². The van der Waals surface area contributed by atoms with E-state index < -0.39 is 15.9 Å². The SMILES string of the molecule is CCCCc1ccc(C#N)c(SCCC(=O)Nc2ccc(S(=O)(=O)NC(C)=O)cc2)n1. The van der Waals surface area contributed by atoms with E-state index in [0.717, 1.165) is 31.9 Å². The highest BCUT2D eigenvalue weighted by molar-refractivity contribution is 7.99. The van der Waals surface area contributed by atoms with Gasteiger partial charge < -0.3 is 5.32 Å². The Morgan fingerprint density at radius 1 is 1.16 bits per heavy atom. The van der Waals surface area contributed by atoms with E-state index in [1.807, 2.05) is 10.8 Å². The van der Waals surface area contributed by atoms with Crippen LogP contribution in [0.25, 0.3) is 0 Å². The van der Waals surface area contributed by atoms with E-state index >= 15 is 0 Å². The average Bonchev–Trinajstić information content (AvgIpc) is 2.72. The van der Waals surface area contributed by atoms with Crippen molar-refractivity contribution in [2.24, 2.45) is 0 Å². The highest BCUT2D eigenvalue weighted by Gasteiger charge is 2.15. The summed E-state index contributed by atoms with van der Waals surface area (Å²) in [5.41, 5.74) is 1.86. The van der Waals surface area contributed by atoms with Crippen LogP contribution in [0.4, 0.5) is 5.69 Å². The number of pyridine rings is 1. The number of amides is 2. The van der Waals surface area contributed by atoms with Crippen molar-refractivity contribution in [2.75, 3.05) is 11.1 Å². The Balaban J connectivity index is 1.91. The molecule has 0 spiro atoms. The Morgan fingerprint density at radius 3 is 2.48 bits per heavy atom. The van der Waals surface area contributed by atoms with Crippen LogP contribution >= 0.6 is 11.8 Å². The molecule has 0 saturated heterocycles. The predicted molar refractivity (Wildman–Crippen MR) is 119 cm³/mol. The Labute approximate surface area is 186 Å². The molecule has 0 fully saturated rings. The number of nitrogens with one attached hydrogen (secondary N) is 2. The summed E-state index contributed by atoms with van der Waals surface area (Å²) >= 11 is 1.36. The van der Waals surface area contributed by atoms with Gasteiger partial charge in [-0.05, 0) is 49.2 Å². The minimum Gasteiger partial charge on any atom is -0.326 e. The molecule has 0 aliphatic heterocycles. The van der Waals surface area contributed by atoms with Crippen molar-refractivity contribution in [1.29, 1.82) is 5.26 Å². The van der Waals surface area contributed by atoms with Gasteiger partial charge in [-0.15, -0.1) is 11.8 Å². The quantitative estimate of drug-likeness (QED) is 0.521. The highest BCUT2D eigenvalue weighted by atomic mass is 32.2. The summed E-state index contributed by atoms with van der Waals surface area (Å²) in [5, 5.41) is 12.6. The van der Waals surface area contributed by atoms with Crippen LogP contribution in [0.1, 0.15) is 44.4 Å². The van der Waals surface area contributed by atoms with Crippen molar-refractivity contribution in [1.82, 2.24) is 9.71 Å². The topological polar surface area (TPSA) is 129 Å². The largest absolute Gasteiger partial charge is 0.326 e. The van der Waals surface area contributed by atoms with Crippen molar-refractivity contribution in [3.8, 4) is 6.07 Å². The van der Waals surface area contributed by atoms with Gasteiger partial charge in [-0.1, -0.05) is 13.3 Å². The molecule has 0 aliphatic carbocycles. The van der Waals surface area contributed by atoms with Crippen LogP contribution in [0.2, 0.25) is 0 Å². The lowest BCUT2D eigenvalue weighted by Gasteiger charge is -2.08. The van der Waals surface area contributed by atoms with E-state index in [1.54, 1.807) is 6.07 Å². The van der Waals surface area contributed by atoms with E-state index in [2.05, 4.69) is 23.3 Å².